The van der Waals surface area contributed by atoms with E-state index >= 15 is 0 Å². The van der Waals surface area contributed by atoms with Gasteiger partial charge in [-0.05, 0) is 32.7 Å². The van der Waals surface area contributed by atoms with Gasteiger partial charge in [0.1, 0.15) is 0 Å². The minimum absolute atomic E-state index is 0.142. The minimum atomic E-state index is 0.142. The molecule has 0 aromatic heterocycles. The molecule has 0 spiro atoms. The number of rotatable bonds is 5. The molecule has 2 rings (SSSR count). The van der Waals surface area contributed by atoms with E-state index in [1.807, 2.05) is 0 Å². The lowest BCUT2D eigenvalue weighted by molar-refractivity contribution is 0.102. The van der Waals surface area contributed by atoms with Crippen LogP contribution in [0.1, 0.15) is 26.2 Å². The van der Waals surface area contributed by atoms with Gasteiger partial charge in [-0.1, -0.05) is 0 Å². The Morgan fingerprint density at radius 2 is 2.38 bits per heavy atom. The van der Waals surface area contributed by atoms with Gasteiger partial charge in [0.2, 0.25) is 0 Å². The van der Waals surface area contributed by atoms with Crippen LogP contribution in [0.5, 0.6) is 0 Å². The summed E-state index contributed by atoms with van der Waals surface area (Å²) in [5.41, 5.74) is 6.16. The van der Waals surface area contributed by atoms with Gasteiger partial charge in [-0.3, -0.25) is 4.90 Å². The lowest BCUT2D eigenvalue weighted by Crippen LogP contribution is -2.59. The lowest BCUT2D eigenvalue weighted by Gasteiger charge is -2.36. The monoisotopic (exact) mass is 227 g/mol. The van der Waals surface area contributed by atoms with Gasteiger partial charge >= 0.3 is 0 Å². The van der Waals surface area contributed by atoms with Crippen LogP contribution in [0.3, 0.4) is 0 Å². The molecule has 0 radical (unpaired) electrons. The first-order valence-corrected chi connectivity index (χ1v) is 6.44. The standard InChI is InChI=1S/C12H25N3O/c1-10(16-2)8-14-12(9-13)5-7-15-6-3-4-11(12)15/h10-11,14H,3-9,13H2,1-2H3. The predicted molar refractivity (Wildman–Crippen MR) is 65.5 cm³/mol. The summed E-state index contributed by atoms with van der Waals surface area (Å²) in [6.07, 6.45) is 4.07. The normalized spacial score (nSPS) is 36.6. The highest BCUT2D eigenvalue weighted by Crippen LogP contribution is 2.35. The summed E-state index contributed by atoms with van der Waals surface area (Å²) in [6, 6.07) is 0.654. The van der Waals surface area contributed by atoms with Crippen LogP contribution in [0.2, 0.25) is 0 Å². The molecule has 2 aliphatic heterocycles. The number of fused-ring (bicyclic) bond motifs is 1. The van der Waals surface area contributed by atoms with Crippen LogP contribution in [0.4, 0.5) is 0 Å². The van der Waals surface area contributed by atoms with E-state index in [-0.39, 0.29) is 11.6 Å². The van der Waals surface area contributed by atoms with E-state index in [4.69, 9.17) is 10.5 Å². The molecule has 3 atom stereocenters. The van der Waals surface area contributed by atoms with Crippen molar-refractivity contribution >= 4 is 0 Å². The van der Waals surface area contributed by atoms with Crippen LogP contribution in [0.25, 0.3) is 0 Å². The summed E-state index contributed by atoms with van der Waals surface area (Å²) in [5.74, 6) is 0. The highest BCUT2D eigenvalue weighted by atomic mass is 16.5. The zero-order valence-corrected chi connectivity index (χ0v) is 10.5. The van der Waals surface area contributed by atoms with Crippen LogP contribution >= 0.6 is 0 Å². The van der Waals surface area contributed by atoms with Crippen LogP contribution in [-0.2, 0) is 4.74 Å². The summed E-state index contributed by atoms with van der Waals surface area (Å²) in [4.78, 5) is 2.59. The maximum absolute atomic E-state index is 6.02. The first-order valence-electron chi connectivity index (χ1n) is 6.44. The number of nitrogens with zero attached hydrogens (tertiary/aromatic N) is 1. The number of hydrogen-bond donors (Lipinski definition) is 2. The van der Waals surface area contributed by atoms with Crippen molar-refractivity contribution < 1.29 is 4.74 Å². The van der Waals surface area contributed by atoms with Gasteiger partial charge in [-0.25, -0.2) is 0 Å². The Kier molecular flexibility index (Phi) is 3.85. The molecule has 16 heavy (non-hydrogen) atoms. The van der Waals surface area contributed by atoms with Crippen molar-refractivity contribution in [3.63, 3.8) is 0 Å². The second kappa shape index (κ2) is 5.00. The summed E-state index contributed by atoms with van der Waals surface area (Å²) in [5, 5.41) is 3.68. The molecule has 3 unspecified atom stereocenters. The Hall–Kier alpha value is -0.160. The fourth-order valence-corrected chi connectivity index (χ4v) is 3.18. The zero-order chi connectivity index (χ0) is 11.6. The molecular formula is C12H25N3O. The van der Waals surface area contributed by atoms with Crippen molar-refractivity contribution in [2.24, 2.45) is 5.73 Å². The number of nitrogens with two attached hydrogens (primary N) is 1. The molecule has 94 valence electrons. The van der Waals surface area contributed by atoms with Crippen LogP contribution in [0.15, 0.2) is 0 Å². The molecule has 2 aliphatic rings. The molecule has 2 saturated heterocycles. The molecule has 4 nitrogen and oxygen atoms in total. The van der Waals surface area contributed by atoms with E-state index in [1.165, 1.54) is 32.4 Å². The summed E-state index contributed by atoms with van der Waals surface area (Å²) in [7, 11) is 1.76. The van der Waals surface area contributed by atoms with Gasteiger partial charge in [-0.15, -0.1) is 0 Å². The first kappa shape index (κ1) is 12.3. The maximum atomic E-state index is 6.02. The van der Waals surface area contributed by atoms with Crippen molar-refractivity contribution in [2.75, 3.05) is 33.3 Å². The smallest absolute Gasteiger partial charge is 0.0667 e. The largest absolute Gasteiger partial charge is 0.380 e. The molecule has 0 aromatic rings. The number of ether oxygens (including phenoxy) is 1. The lowest BCUT2D eigenvalue weighted by atomic mass is 9.88. The molecule has 2 heterocycles. The Labute approximate surface area is 98.5 Å². The molecule has 0 aromatic carbocycles. The molecule has 0 amide bonds. The highest BCUT2D eigenvalue weighted by Gasteiger charge is 2.47. The third-order valence-corrected chi connectivity index (χ3v) is 4.35. The summed E-state index contributed by atoms with van der Waals surface area (Å²) in [6.45, 7) is 6.20. The average Bonchev–Trinajstić information content (AvgIpc) is 2.88. The van der Waals surface area contributed by atoms with E-state index in [1.54, 1.807) is 7.11 Å². The van der Waals surface area contributed by atoms with Gasteiger partial charge < -0.3 is 15.8 Å². The molecular weight excluding hydrogens is 202 g/mol. The average molecular weight is 227 g/mol. The topological polar surface area (TPSA) is 50.5 Å². The number of nitrogens with one attached hydrogen (secondary N) is 1. The van der Waals surface area contributed by atoms with E-state index in [2.05, 4.69) is 17.1 Å². The SMILES string of the molecule is COC(C)CNC1(CN)CCN2CCCC21. The molecule has 4 heteroatoms. The van der Waals surface area contributed by atoms with Gasteiger partial charge in [-0.2, -0.15) is 0 Å². The van der Waals surface area contributed by atoms with Gasteiger partial charge in [0.15, 0.2) is 0 Å². The van der Waals surface area contributed by atoms with Crippen LogP contribution < -0.4 is 11.1 Å². The van der Waals surface area contributed by atoms with Crippen molar-refractivity contribution in [3.8, 4) is 0 Å². The van der Waals surface area contributed by atoms with E-state index < -0.39 is 0 Å². The summed E-state index contributed by atoms with van der Waals surface area (Å²) < 4.78 is 5.29. The molecule has 2 fully saturated rings. The second-order valence-corrected chi connectivity index (χ2v) is 5.23. The quantitative estimate of drug-likeness (QED) is 0.703. The fraction of sp³-hybridized carbons (Fsp3) is 1.00. The van der Waals surface area contributed by atoms with E-state index in [0.717, 1.165) is 13.1 Å². The van der Waals surface area contributed by atoms with Crippen LogP contribution in [-0.4, -0.2) is 55.9 Å². The van der Waals surface area contributed by atoms with Crippen molar-refractivity contribution in [1.82, 2.24) is 10.2 Å². The summed E-state index contributed by atoms with van der Waals surface area (Å²) >= 11 is 0. The van der Waals surface area contributed by atoms with Crippen molar-refractivity contribution in [3.05, 3.63) is 0 Å². The Morgan fingerprint density at radius 1 is 1.56 bits per heavy atom. The fourth-order valence-electron chi connectivity index (χ4n) is 3.18. The Balaban J connectivity index is 1.96. The van der Waals surface area contributed by atoms with Gasteiger partial charge in [0, 0.05) is 38.3 Å². The number of methoxy groups -OCH3 is 1. The van der Waals surface area contributed by atoms with E-state index in [0.29, 0.717) is 6.04 Å². The second-order valence-electron chi connectivity index (χ2n) is 5.23. The van der Waals surface area contributed by atoms with Crippen molar-refractivity contribution in [1.29, 1.82) is 0 Å². The third-order valence-electron chi connectivity index (χ3n) is 4.35. The van der Waals surface area contributed by atoms with Gasteiger partial charge in [0.05, 0.1) is 6.10 Å². The Morgan fingerprint density at radius 3 is 3.06 bits per heavy atom. The third kappa shape index (κ3) is 2.12. The van der Waals surface area contributed by atoms with Crippen molar-refractivity contribution in [2.45, 2.75) is 43.9 Å². The molecule has 0 aliphatic carbocycles. The maximum Gasteiger partial charge on any atom is 0.0667 e. The molecule has 3 N–H and O–H groups in total. The van der Waals surface area contributed by atoms with Crippen LogP contribution in [0, 0.1) is 0 Å². The number of hydrogen-bond acceptors (Lipinski definition) is 4. The van der Waals surface area contributed by atoms with E-state index in [9.17, 15) is 0 Å². The Bertz CT molecular complexity index is 236. The highest BCUT2D eigenvalue weighted by molar-refractivity contribution is 5.08. The zero-order valence-electron chi connectivity index (χ0n) is 10.5. The minimum Gasteiger partial charge on any atom is -0.380 e. The predicted octanol–water partition coefficient (Wildman–Crippen LogP) is 0.177. The van der Waals surface area contributed by atoms with Gasteiger partial charge in [0.25, 0.3) is 0 Å². The first-order chi connectivity index (χ1) is 7.72. The molecule has 0 saturated carbocycles. The molecule has 0 bridgehead atoms.